The molecule has 0 aliphatic heterocycles. The third kappa shape index (κ3) is 3.52. The number of hydrogen-bond donors (Lipinski definition) is 1. The minimum Gasteiger partial charge on any atom is -0.497 e. The fraction of sp³-hybridized carbons (Fsp3) is 0.294. The van der Waals surface area contributed by atoms with Crippen molar-refractivity contribution in [2.75, 3.05) is 7.11 Å². The van der Waals surface area contributed by atoms with Gasteiger partial charge < -0.3 is 14.6 Å². The lowest BCUT2D eigenvalue weighted by molar-refractivity contribution is 0.258. The molecular weight excluding hydrogens is 252 g/mol. The predicted octanol–water partition coefficient (Wildman–Crippen LogP) is 3.33. The lowest BCUT2D eigenvalue weighted by Crippen LogP contribution is -1.99. The Balaban J connectivity index is 2.08. The molecule has 0 bridgehead atoms. The zero-order valence-electron chi connectivity index (χ0n) is 11.9. The fourth-order valence-electron chi connectivity index (χ4n) is 1.96. The van der Waals surface area contributed by atoms with Crippen molar-refractivity contribution >= 4 is 0 Å². The van der Waals surface area contributed by atoms with Gasteiger partial charge in [-0.3, -0.25) is 0 Å². The molecule has 2 rings (SSSR count). The van der Waals surface area contributed by atoms with Crippen molar-refractivity contribution in [1.82, 2.24) is 0 Å². The standard InChI is InChI=1S/C17H20O3/c1-3-13-4-6-14(7-5-13)12-20-17-10-16(19-2)9-8-15(17)11-18/h4-10,18H,3,11-12H2,1-2H3. The number of aryl methyl sites for hydroxylation is 1. The van der Waals surface area contributed by atoms with Crippen molar-refractivity contribution in [3.63, 3.8) is 0 Å². The smallest absolute Gasteiger partial charge is 0.129 e. The van der Waals surface area contributed by atoms with Crippen LogP contribution in [-0.4, -0.2) is 12.2 Å². The largest absolute Gasteiger partial charge is 0.497 e. The summed E-state index contributed by atoms with van der Waals surface area (Å²) in [5, 5.41) is 9.33. The molecular formula is C17H20O3. The molecule has 20 heavy (non-hydrogen) atoms. The van der Waals surface area contributed by atoms with E-state index in [1.807, 2.05) is 12.1 Å². The molecule has 0 fully saturated rings. The predicted molar refractivity (Wildman–Crippen MR) is 79.1 cm³/mol. The van der Waals surface area contributed by atoms with Gasteiger partial charge in [0.25, 0.3) is 0 Å². The summed E-state index contributed by atoms with van der Waals surface area (Å²) in [6, 6.07) is 13.8. The van der Waals surface area contributed by atoms with E-state index in [-0.39, 0.29) is 6.61 Å². The summed E-state index contributed by atoms with van der Waals surface area (Å²) in [5.41, 5.74) is 3.18. The van der Waals surface area contributed by atoms with Crippen molar-refractivity contribution in [3.05, 3.63) is 59.2 Å². The van der Waals surface area contributed by atoms with Crippen molar-refractivity contribution in [3.8, 4) is 11.5 Å². The van der Waals surface area contributed by atoms with Gasteiger partial charge >= 0.3 is 0 Å². The average molecular weight is 272 g/mol. The minimum absolute atomic E-state index is 0.0475. The molecule has 0 saturated heterocycles. The molecule has 3 nitrogen and oxygen atoms in total. The van der Waals surface area contributed by atoms with Crippen LogP contribution in [0.4, 0.5) is 0 Å². The SMILES string of the molecule is CCc1ccc(COc2cc(OC)ccc2CO)cc1. The molecule has 0 aliphatic rings. The first-order valence-electron chi connectivity index (χ1n) is 6.75. The van der Waals surface area contributed by atoms with Gasteiger partial charge in [0.15, 0.2) is 0 Å². The van der Waals surface area contributed by atoms with E-state index in [4.69, 9.17) is 9.47 Å². The Hall–Kier alpha value is -2.00. The van der Waals surface area contributed by atoms with Crippen molar-refractivity contribution in [2.45, 2.75) is 26.6 Å². The normalized spacial score (nSPS) is 10.3. The van der Waals surface area contributed by atoms with Crippen LogP contribution in [0, 0.1) is 0 Å². The highest BCUT2D eigenvalue weighted by Gasteiger charge is 2.05. The summed E-state index contributed by atoms with van der Waals surface area (Å²) in [5.74, 6) is 1.38. The van der Waals surface area contributed by atoms with E-state index < -0.39 is 0 Å². The molecule has 0 radical (unpaired) electrons. The molecule has 0 heterocycles. The first kappa shape index (κ1) is 14.4. The van der Waals surface area contributed by atoms with Crippen LogP contribution in [0.2, 0.25) is 0 Å². The van der Waals surface area contributed by atoms with Crippen molar-refractivity contribution in [2.24, 2.45) is 0 Å². The van der Waals surface area contributed by atoms with Crippen LogP contribution < -0.4 is 9.47 Å². The Bertz CT molecular complexity index is 547. The second kappa shape index (κ2) is 6.96. The van der Waals surface area contributed by atoms with Gasteiger partial charge in [0.2, 0.25) is 0 Å². The number of aliphatic hydroxyl groups is 1. The quantitative estimate of drug-likeness (QED) is 0.876. The van der Waals surface area contributed by atoms with E-state index in [9.17, 15) is 5.11 Å². The Morgan fingerprint density at radius 2 is 1.70 bits per heavy atom. The molecule has 2 aromatic carbocycles. The lowest BCUT2D eigenvalue weighted by atomic mass is 10.1. The Labute approximate surface area is 119 Å². The number of ether oxygens (including phenoxy) is 2. The van der Waals surface area contributed by atoms with Crippen LogP contribution >= 0.6 is 0 Å². The Morgan fingerprint density at radius 3 is 2.30 bits per heavy atom. The molecule has 0 spiro atoms. The van der Waals surface area contributed by atoms with E-state index in [0.29, 0.717) is 12.4 Å². The monoisotopic (exact) mass is 272 g/mol. The van der Waals surface area contributed by atoms with E-state index in [2.05, 4.69) is 31.2 Å². The van der Waals surface area contributed by atoms with Crippen molar-refractivity contribution in [1.29, 1.82) is 0 Å². The highest BCUT2D eigenvalue weighted by atomic mass is 16.5. The third-order valence-corrected chi connectivity index (χ3v) is 3.27. The first-order chi connectivity index (χ1) is 9.76. The summed E-state index contributed by atoms with van der Waals surface area (Å²) in [6.45, 7) is 2.56. The molecule has 0 atom stereocenters. The van der Waals surface area contributed by atoms with Gasteiger partial charge in [-0.05, 0) is 29.7 Å². The summed E-state index contributed by atoms with van der Waals surface area (Å²) >= 11 is 0. The van der Waals surface area contributed by atoms with E-state index >= 15 is 0 Å². The van der Waals surface area contributed by atoms with E-state index in [1.165, 1.54) is 5.56 Å². The number of hydrogen-bond acceptors (Lipinski definition) is 3. The highest BCUT2D eigenvalue weighted by molar-refractivity contribution is 5.40. The van der Waals surface area contributed by atoms with Gasteiger partial charge in [-0.25, -0.2) is 0 Å². The summed E-state index contributed by atoms with van der Waals surface area (Å²) in [6.07, 6.45) is 1.03. The Morgan fingerprint density at radius 1 is 1.00 bits per heavy atom. The van der Waals surface area contributed by atoms with E-state index in [1.54, 1.807) is 13.2 Å². The number of aliphatic hydroxyl groups excluding tert-OH is 1. The Kier molecular flexibility index (Phi) is 5.02. The van der Waals surface area contributed by atoms with Crippen LogP contribution in [0.3, 0.4) is 0 Å². The van der Waals surface area contributed by atoms with Gasteiger partial charge in [-0.15, -0.1) is 0 Å². The van der Waals surface area contributed by atoms with Crippen LogP contribution in [-0.2, 0) is 19.6 Å². The zero-order chi connectivity index (χ0) is 14.4. The average Bonchev–Trinajstić information content (AvgIpc) is 2.53. The molecule has 0 unspecified atom stereocenters. The lowest BCUT2D eigenvalue weighted by Gasteiger charge is -2.12. The van der Waals surface area contributed by atoms with Gasteiger partial charge in [0, 0.05) is 11.6 Å². The van der Waals surface area contributed by atoms with Gasteiger partial charge in [0.1, 0.15) is 18.1 Å². The molecule has 1 N–H and O–H groups in total. The zero-order valence-corrected chi connectivity index (χ0v) is 11.9. The molecule has 0 aliphatic carbocycles. The molecule has 2 aromatic rings. The van der Waals surface area contributed by atoms with Crippen LogP contribution in [0.15, 0.2) is 42.5 Å². The van der Waals surface area contributed by atoms with E-state index in [0.717, 1.165) is 23.3 Å². The number of benzene rings is 2. The van der Waals surface area contributed by atoms with Crippen molar-refractivity contribution < 1.29 is 14.6 Å². The summed E-state index contributed by atoms with van der Waals surface area (Å²) in [4.78, 5) is 0. The minimum atomic E-state index is -0.0475. The third-order valence-electron chi connectivity index (χ3n) is 3.27. The molecule has 106 valence electrons. The topological polar surface area (TPSA) is 38.7 Å². The molecule has 0 saturated carbocycles. The van der Waals surface area contributed by atoms with Crippen LogP contribution in [0.5, 0.6) is 11.5 Å². The summed E-state index contributed by atoms with van der Waals surface area (Å²) in [7, 11) is 1.61. The second-order valence-electron chi connectivity index (χ2n) is 4.59. The maximum atomic E-state index is 9.33. The number of rotatable bonds is 6. The molecule has 3 heteroatoms. The maximum Gasteiger partial charge on any atom is 0.129 e. The van der Waals surface area contributed by atoms with Crippen LogP contribution in [0.1, 0.15) is 23.6 Å². The number of methoxy groups -OCH3 is 1. The highest BCUT2D eigenvalue weighted by Crippen LogP contribution is 2.25. The first-order valence-corrected chi connectivity index (χ1v) is 6.75. The van der Waals surface area contributed by atoms with Gasteiger partial charge in [-0.1, -0.05) is 31.2 Å². The fourth-order valence-corrected chi connectivity index (χ4v) is 1.96. The molecule has 0 aromatic heterocycles. The second-order valence-corrected chi connectivity index (χ2v) is 4.59. The maximum absolute atomic E-state index is 9.33. The van der Waals surface area contributed by atoms with Gasteiger partial charge in [0.05, 0.1) is 13.7 Å². The van der Waals surface area contributed by atoms with Crippen LogP contribution in [0.25, 0.3) is 0 Å². The van der Waals surface area contributed by atoms with Gasteiger partial charge in [-0.2, -0.15) is 0 Å². The molecule has 0 amide bonds. The summed E-state index contributed by atoms with van der Waals surface area (Å²) < 4.78 is 11.0.